The van der Waals surface area contributed by atoms with Crippen LogP contribution in [0.2, 0.25) is 0 Å². The Morgan fingerprint density at radius 2 is 1.69 bits per heavy atom. The Labute approximate surface area is 160 Å². The Morgan fingerprint density at radius 3 is 2.27 bits per heavy atom. The van der Waals surface area contributed by atoms with Crippen molar-refractivity contribution in [2.45, 2.75) is 13.8 Å². The standard InChI is InChI=1S/C19H20BrNO5/c1-11-6-5-7-14(12(11)2)21-17(22)10-26-19(23)13-8-15(24-3)18(20)16(9-13)25-4/h5-9H,10H2,1-4H3,(H,21,22). The smallest absolute Gasteiger partial charge is 0.338 e. The van der Waals surface area contributed by atoms with E-state index >= 15 is 0 Å². The molecule has 0 unspecified atom stereocenters. The number of rotatable bonds is 6. The number of benzene rings is 2. The van der Waals surface area contributed by atoms with Crippen LogP contribution in [-0.4, -0.2) is 32.7 Å². The first-order chi connectivity index (χ1) is 12.4. The Kier molecular flexibility index (Phi) is 6.63. The zero-order chi connectivity index (χ0) is 19.3. The third-order valence-corrected chi connectivity index (χ3v) is 4.68. The van der Waals surface area contributed by atoms with E-state index < -0.39 is 18.5 Å². The van der Waals surface area contributed by atoms with Crippen LogP contribution in [0.25, 0.3) is 0 Å². The van der Waals surface area contributed by atoms with Crippen molar-refractivity contribution in [2.24, 2.45) is 0 Å². The molecule has 1 N–H and O–H groups in total. The van der Waals surface area contributed by atoms with Gasteiger partial charge in [-0.05, 0) is 59.1 Å². The summed E-state index contributed by atoms with van der Waals surface area (Å²) in [6.07, 6.45) is 0. The van der Waals surface area contributed by atoms with E-state index in [1.807, 2.05) is 26.0 Å². The summed E-state index contributed by atoms with van der Waals surface area (Å²) in [7, 11) is 2.96. The molecule has 6 nitrogen and oxygen atoms in total. The van der Waals surface area contributed by atoms with Crippen molar-refractivity contribution in [3.05, 3.63) is 51.5 Å². The molecule has 0 fully saturated rings. The van der Waals surface area contributed by atoms with E-state index in [-0.39, 0.29) is 5.56 Å². The van der Waals surface area contributed by atoms with Crippen molar-refractivity contribution < 1.29 is 23.8 Å². The molecule has 0 radical (unpaired) electrons. The van der Waals surface area contributed by atoms with Gasteiger partial charge in [-0.25, -0.2) is 4.79 Å². The lowest BCUT2D eigenvalue weighted by Gasteiger charge is -2.12. The number of amides is 1. The molecule has 1 amide bonds. The lowest BCUT2D eigenvalue weighted by Crippen LogP contribution is -2.21. The van der Waals surface area contributed by atoms with Gasteiger partial charge in [-0.1, -0.05) is 12.1 Å². The first-order valence-electron chi connectivity index (χ1n) is 7.82. The van der Waals surface area contributed by atoms with Crippen molar-refractivity contribution in [2.75, 3.05) is 26.1 Å². The van der Waals surface area contributed by atoms with E-state index in [2.05, 4.69) is 21.2 Å². The van der Waals surface area contributed by atoms with Gasteiger partial charge >= 0.3 is 5.97 Å². The predicted molar refractivity (Wildman–Crippen MR) is 102 cm³/mol. The van der Waals surface area contributed by atoms with Gasteiger partial charge in [0.15, 0.2) is 6.61 Å². The molecule has 26 heavy (non-hydrogen) atoms. The van der Waals surface area contributed by atoms with Crippen LogP contribution >= 0.6 is 15.9 Å². The second-order valence-electron chi connectivity index (χ2n) is 5.57. The van der Waals surface area contributed by atoms with Crippen LogP contribution in [-0.2, 0) is 9.53 Å². The Bertz CT molecular complexity index is 810. The highest BCUT2D eigenvalue weighted by Crippen LogP contribution is 2.35. The maximum Gasteiger partial charge on any atom is 0.338 e. The van der Waals surface area contributed by atoms with Gasteiger partial charge in [0.25, 0.3) is 5.91 Å². The molecule has 0 saturated carbocycles. The molecule has 0 aliphatic rings. The lowest BCUT2D eigenvalue weighted by molar-refractivity contribution is -0.119. The fraction of sp³-hybridized carbons (Fsp3) is 0.263. The van der Waals surface area contributed by atoms with Crippen LogP contribution < -0.4 is 14.8 Å². The third kappa shape index (κ3) is 4.54. The highest BCUT2D eigenvalue weighted by atomic mass is 79.9. The molecular weight excluding hydrogens is 402 g/mol. The van der Waals surface area contributed by atoms with Crippen LogP contribution in [0.15, 0.2) is 34.8 Å². The first kappa shape index (κ1) is 19.8. The highest BCUT2D eigenvalue weighted by Gasteiger charge is 2.17. The number of esters is 1. The minimum atomic E-state index is -0.648. The summed E-state index contributed by atoms with van der Waals surface area (Å²) >= 11 is 3.33. The largest absolute Gasteiger partial charge is 0.495 e. The topological polar surface area (TPSA) is 73.9 Å². The summed E-state index contributed by atoms with van der Waals surface area (Å²) in [6.45, 7) is 3.48. The van der Waals surface area contributed by atoms with E-state index in [4.69, 9.17) is 14.2 Å². The summed E-state index contributed by atoms with van der Waals surface area (Å²) < 4.78 is 16.1. The molecule has 7 heteroatoms. The SMILES string of the molecule is COc1cc(C(=O)OCC(=O)Nc2cccc(C)c2C)cc(OC)c1Br. The van der Waals surface area contributed by atoms with Crippen molar-refractivity contribution in [3.8, 4) is 11.5 Å². The van der Waals surface area contributed by atoms with E-state index in [0.29, 0.717) is 21.7 Å². The van der Waals surface area contributed by atoms with E-state index in [1.54, 1.807) is 6.07 Å². The van der Waals surface area contributed by atoms with Crippen LogP contribution in [0.4, 0.5) is 5.69 Å². The zero-order valence-electron chi connectivity index (χ0n) is 15.0. The first-order valence-corrected chi connectivity index (χ1v) is 8.61. The minimum absolute atomic E-state index is 0.224. The Balaban J connectivity index is 2.04. The summed E-state index contributed by atoms with van der Waals surface area (Å²) in [5.74, 6) is -0.208. The lowest BCUT2D eigenvalue weighted by atomic mass is 10.1. The van der Waals surface area contributed by atoms with Crippen LogP contribution in [0.5, 0.6) is 11.5 Å². The maximum atomic E-state index is 12.2. The van der Waals surface area contributed by atoms with E-state index in [9.17, 15) is 9.59 Å². The molecular formula is C19H20BrNO5. The molecule has 0 spiro atoms. The number of methoxy groups -OCH3 is 2. The number of carbonyl (C=O) groups is 2. The number of ether oxygens (including phenoxy) is 3. The van der Waals surface area contributed by atoms with Gasteiger partial charge < -0.3 is 19.5 Å². The van der Waals surface area contributed by atoms with Crippen molar-refractivity contribution in [3.63, 3.8) is 0 Å². The molecule has 0 heterocycles. The molecule has 0 saturated heterocycles. The third-order valence-electron chi connectivity index (χ3n) is 3.89. The van der Waals surface area contributed by atoms with Crippen LogP contribution in [0.3, 0.4) is 0 Å². The molecule has 0 aliphatic heterocycles. The van der Waals surface area contributed by atoms with Crippen molar-refractivity contribution in [1.29, 1.82) is 0 Å². The average molecular weight is 422 g/mol. The number of hydrogen-bond acceptors (Lipinski definition) is 5. The van der Waals surface area contributed by atoms with Gasteiger partial charge in [0.2, 0.25) is 0 Å². The van der Waals surface area contributed by atoms with Gasteiger partial charge in [-0.2, -0.15) is 0 Å². The molecule has 2 rings (SSSR count). The summed E-state index contributed by atoms with van der Waals surface area (Å²) in [6, 6.07) is 8.63. The molecule has 0 bridgehead atoms. The normalized spacial score (nSPS) is 10.2. The Hall–Kier alpha value is -2.54. The molecule has 0 atom stereocenters. The minimum Gasteiger partial charge on any atom is -0.495 e. The number of nitrogens with one attached hydrogen (secondary N) is 1. The molecule has 2 aromatic carbocycles. The van der Waals surface area contributed by atoms with Crippen molar-refractivity contribution in [1.82, 2.24) is 0 Å². The maximum absolute atomic E-state index is 12.2. The predicted octanol–water partition coefficient (Wildman–Crippen LogP) is 3.88. The van der Waals surface area contributed by atoms with Crippen LogP contribution in [0.1, 0.15) is 21.5 Å². The van der Waals surface area contributed by atoms with Gasteiger partial charge in [0.1, 0.15) is 16.0 Å². The molecule has 0 aliphatic carbocycles. The second-order valence-corrected chi connectivity index (χ2v) is 6.36. The van der Waals surface area contributed by atoms with Crippen molar-refractivity contribution >= 4 is 33.5 Å². The fourth-order valence-electron chi connectivity index (χ4n) is 2.27. The summed E-state index contributed by atoms with van der Waals surface area (Å²) in [5.41, 5.74) is 2.95. The van der Waals surface area contributed by atoms with Gasteiger partial charge in [0.05, 0.1) is 19.8 Å². The average Bonchev–Trinajstić information content (AvgIpc) is 2.63. The second kappa shape index (κ2) is 8.71. The van der Waals surface area contributed by atoms with Gasteiger partial charge in [-0.3, -0.25) is 4.79 Å². The number of anilines is 1. The van der Waals surface area contributed by atoms with Crippen LogP contribution in [0, 0.1) is 13.8 Å². The number of aryl methyl sites for hydroxylation is 1. The van der Waals surface area contributed by atoms with Gasteiger partial charge in [0, 0.05) is 5.69 Å². The van der Waals surface area contributed by atoms with Gasteiger partial charge in [-0.15, -0.1) is 0 Å². The fourth-order valence-corrected chi connectivity index (χ4v) is 2.83. The summed E-state index contributed by atoms with van der Waals surface area (Å²) in [5, 5.41) is 2.74. The number of carbonyl (C=O) groups excluding carboxylic acids is 2. The zero-order valence-corrected chi connectivity index (χ0v) is 16.6. The Morgan fingerprint density at radius 1 is 1.08 bits per heavy atom. The number of hydrogen-bond donors (Lipinski definition) is 1. The quantitative estimate of drug-likeness (QED) is 0.716. The highest BCUT2D eigenvalue weighted by molar-refractivity contribution is 9.10. The molecule has 2 aromatic rings. The molecule has 138 valence electrons. The molecule has 0 aromatic heterocycles. The van der Waals surface area contributed by atoms with E-state index in [0.717, 1.165) is 11.1 Å². The summed E-state index contributed by atoms with van der Waals surface area (Å²) in [4.78, 5) is 24.3. The number of halogens is 1. The monoisotopic (exact) mass is 421 g/mol. The van der Waals surface area contributed by atoms with E-state index in [1.165, 1.54) is 26.4 Å².